The minimum Gasteiger partial charge on any atom is -0.478 e. The van der Waals surface area contributed by atoms with Crippen LogP contribution in [0.25, 0.3) is 0 Å². The van der Waals surface area contributed by atoms with Gasteiger partial charge < -0.3 is 5.11 Å². The maximum Gasteiger partial charge on any atom is 0.335 e. The van der Waals surface area contributed by atoms with E-state index >= 15 is 0 Å². The molecule has 3 aromatic rings. The summed E-state index contributed by atoms with van der Waals surface area (Å²) in [4.78, 5) is 30.8. The van der Waals surface area contributed by atoms with E-state index in [0.717, 1.165) is 11.1 Å². The van der Waals surface area contributed by atoms with Crippen molar-refractivity contribution in [2.24, 2.45) is 4.99 Å². The van der Waals surface area contributed by atoms with Crippen LogP contribution in [-0.2, 0) is 17.8 Å². The predicted molar refractivity (Wildman–Crippen MR) is 124 cm³/mol. The Morgan fingerprint density at radius 1 is 1.00 bits per heavy atom. The fraction of sp³-hybridized carbons (Fsp3) is 0.160. The van der Waals surface area contributed by atoms with Crippen molar-refractivity contribution in [3.05, 3.63) is 101 Å². The topological polar surface area (TPSA) is 70.0 Å². The molecule has 0 radical (unpaired) electrons. The van der Waals surface area contributed by atoms with Crippen molar-refractivity contribution in [1.82, 2.24) is 4.90 Å². The summed E-state index contributed by atoms with van der Waals surface area (Å²) in [5.74, 6) is -0.938. The summed E-state index contributed by atoms with van der Waals surface area (Å²) in [6, 6.07) is 24.3. The van der Waals surface area contributed by atoms with Gasteiger partial charge >= 0.3 is 5.97 Å². The fourth-order valence-electron chi connectivity index (χ4n) is 3.46. The summed E-state index contributed by atoms with van der Waals surface area (Å²) in [6.07, 6.45) is 0.637. The highest BCUT2D eigenvalue weighted by molar-refractivity contribution is 8.15. The summed E-state index contributed by atoms with van der Waals surface area (Å²) in [7, 11) is 0. The number of carboxylic acid groups (broad SMARTS) is 1. The largest absolute Gasteiger partial charge is 0.478 e. The smallest absolute Gasteiger partial charge is 0.335 e. The molecule has 0 aromatic heterocycles. The van der Waals surface area contributed by atoms with E-state index in [-0.39, 0.29) is 16.7 Å². The van der Waals surface area contributed by atoms with E-state index in [1.807, 2.05) is 42.5 Å². The van der Waals surface area contributed by atoms with Gasteiger partial charge in [-0.2, -0.15) is 0 Å². The lowest BCUT2D eigenvalue weighted by atomic mass is 10.0. The Morgan fingerprint density at radius 2 is 1.68 bits per heavy atom. The van der Waals surface area contributed by atoms with Crippen LogP contribution in [0.1, 0.15) is 27.0 Å². The lowest BCUT2D eigenvalue weighted by Crippen LogP contribution is -2.32. The molecule has 1 N–H and O–H groups in total. The molecule has 1 aliphatic rings. The number of aromatic carboxylic acids is 1. The first kappa shape index (κ1) is 20.9. The lowest BCUT2D eigenvalue weighted by Gasteiger charge is -2.17. The van der Waals surface area contributed by atoms with Gasteiger partial charge in [-0.05, 0) is 54.3 Å². The Morgan fingerprint density at radius 3 is 2.35 bits per heavy atom. The van der Waals surface area contributed by atoms with Crippen molar-refractivity contribution in [1.29, 1.82) is 0 Å². The molecule has 156 valence electrons. The number of hydrogen-bond acceptors (Lipinski definition) is 4. The highest BCUT2D eigenvalue weighted by atomic mass is 32.2. The number of carbonyl (C=O) groups excluding carboxylic acids is 1. The van der Waals surface area contributed by atoms with Crippen LogP contribution in [-0.4, -0.2) is 32.3 Å². The summed E-state index contributed by atoms with van der Waals surface area (Å²) in [5.41, 5.74) is 4.18. The molecule has 0 aliphatic carbocycles. The van der Waals surface area contributed by atoms with Gasteiger partial charge in [-0.1, -0.05) is 66.4 Å². The van der Waals surface area contributed by atoms with Crippen LogP contribution in [0.3, 0.4) is 0 Å². The number of aryl methyl sites for hydroxylation is 1. The van der Waals surface area contributed by atoms with Gasteiger partial charge in [0.15, 0.2) is 5.17 Å². The quantitative estimate of drug-likeness (QED) is 0.593. The summed E-state index contributed by atoms with van der Waals surface area (Å²) < 4.78 is 0. The summed E-state index contributed by atoms with van der Waals surface area (Å²) >= 11 is 1.47. The van der Waals surface area contributed by atoms with Crippen molar-refractivity contribution in [3.63, 3.8) is 0 Å². The minimum absolute atomic E-state index is 0.0398. The first-order valence-electron chi connectivity index (χ1n) is 10.00. The van der Waals surface area contributed by atoms with Crippen molar-refractivity contribution in [3.8, 4) is 0 Å². The molecule has 6 heteroatoms. The molecule has 31 heavy (non-hydrogen) atoms. The standard InChI is InChI=1S/C25H22N2O3S/c1-17-7-5-6-10-20(17)15-22-23(28)27(16-18-8-3-2-4-9-18)25(31-22)26-21-13-11-19(12-14-21)24(29)30/h2-14,22H,15-16H2,1H3,(H,29,30). The normalized spacial score (nSPS) is 17.3. The monoisotopic (exact) mass is 430 g/mol. The fourth-order valence-corrected chi connectivity index (χ4v) is 4.65. The molecular weight excluding hydrogens is 408 g/mol. The number of nitrogens with zero attached hydrogens (tertiary/aromatic N) is 2. The van der Waals surface area contributed by atoms with Gasteiger partial charge in [0.1, 0.15) is 0 Å². The molecule has 5 nitrogen and oxygen atoms in total. The maximum atomic E-state index is 13.3. The Hall–Kier alpha value is -3.38. The zero-order valence-electron chi connectivity index (χ0n) is 17.1. The van der Waals surface area contributed by atoms with Crippen molar-refractivity contribution < 1.29 is 14.7 Å². The van der Waals surface area contributed by atoms with Crippen LogP contribution < -0.4 is 0 Å². The number of hydrogen-bond donors (Lipinski definition) is 1. The van der Waals surface area contributed by atoms with Crippen molar-refractivity contribution in [2.45, 2.75) is 25.1 Å². The molecule has 1 heterocycles. The Labute approximate surface area is 185 Å². The average molecular weight is 431 g/mol. The van der Waals surface area contributed by atoms with Gasteiger partial charge in [-0.15, -0.1) is 0 Å². The molecule has 0 bridgehead atoms. The van der Waals surface area contributed by atoms with Gasteiger partial charge in [0.05, 0.1) is 23.0 Å². The second kappa shape index (κ2) is 9.18. The molecule has 0 saturated carbocycles. The molecule has 1 unspecified atom stereocenters. The summed E-state index contributed by atoms with van der Waals surface area (Å²) in [5, 5.41) is 9.49. The lowest BCUT2D eigenvalue weighted by molar-refractivity contribution is -0.126. The number of amides is 1. The van der Waals surface area contributed by atoms with Gasteiger partial charge in [0.2, 0.25) is 5.91 Å². The second-order valence-corrected chi connectivity index (χ2v) is 8.56. The van der Waals surface area contributed by atoms with Crippen molar-refractivity contribution >= 4 is 34.5 Å². The third-order valence-corrected chi connectivity index (χ3v) is 6.38. The van der Waals surface area contributed by atoms with E-state index in [4.69, 9.17) is 10.1 Å². The first-order valence-corrected chi connectivity index (χ1v) is 10.9. The van der Waals surface area contributed by atoms with E-state index in [1.54, 1.807) is 17.0 Å². The molecule has 0 spiro atoms. The van der Waals surface area contributed by atoms with E-state index < -0.39 is 5.97 Å². The van der Waals surface area contributed by atoms with Crippen LogP contribution in [0.2, 0.25) is 0 Å². The predicted octanol–water partition coefficient (Wildman–Crippen LogP) is 5.07. The van der Waals surface area contributed by atoms with Crippen LogP contribution in [0.5, 0.6) is 0 Å². The third kappa shape index (κ3) is 4.86. The Bertz CT molecular complexity index is 1130. The van der Waals surface area contributed by atoms with Gasteiger partial charge in [-0.25, -0.2) is 9.79 Å². The van der Waals surface area contributed by atoms with Crippen LogP contribution in [0.15, 0.2) is 83.9 Å². The van der Waals surface area contributed by atoms with Gasteiger partial charge in [0.25, 0.3) is 0 Å². The van der Waals surface area contributed by atoms with Gasteiger partial charge in [0, 0.05) is 0 Å². The molecule has 1 fully saturated rings. The Balaban J connectivity index is 1.63. The van der Waals surface area contributed by atoms with Crippen LogP contribution >= 0.6 is 11.8 Å². The zero-order chi connectivity index (χ0) is 21.8. The van der Waals surface area contributed by atoms with E-state index in [1.165, 1.54) is 29.5 Å². The third-order valence-electron chi connectivity index (χ3n) is 5.21. The van der Waals surface area contributed by atoms with Crippen molar-refractivity contribution in [2.75, 3.05) is 0 Å². The maximum absolute atomic E-state index is 13.3. The van der Waals surface area contributed by atoms with Gasteiger partial charge in [-0.3, -0.25) is 9.69 Å². The molecule has 1 atom stereocenters. The van der Waals surface area contributed by atoms with Crippen LogP contribution in [0, 0.1) is 6.92 Å². The van der Waals surface area contributed by atoms with E-state index in [9.17, 15) is 9.59 Å². The SMILES string of the molecule is Cc1ccccc1CC1SC(=Nc2ccc(C(=O)O)cc2)N(Cc2ccccc2)C1=O. The molecule has 1 aliphatic heterocycles. The molecule has 3 aromatic carbocycles. The zero-order valence-corrected chi connectivity index (χ0v) is 17.9. The highest BCUT2D eigenvalue weighted by Crippen LogP contribution is 2.33. The summed E-state index contributed by atoms with van der Waals surface area (Å²) in [6.45, 7) is 2.50. The average Bonchev–Trinajstić information content (AvgIpc) is 3.05. The molecule has 1 saturated heterocycles. The van der Waals surface area contributed by atoms with Crippen LogP contribution in [0.4, 0.5) is 5.69 Å². The number of rotatable bonds is 6. The van der Waals surface area contributed by atoms with E-state index in [2.05, 4.69) is 19.1 Å². The number of thioether (sulfide) groups is 1. The number of benzene rings is 3. The molecule has 1 amide bonds. The number of amidine groups is 1. The number of carboxylic acids is 1. The number of aliphatic imine (C=N–C) groups is 1. The number of carbonyl (C=O) groups is 2. The Kier molecular flexibility index (Phi) is 6.18. The minimum atomic E-state index is -0.978. The molecular formula is C25H22N2O3S. The highest BCUT2D eigenvalue weighted by Gasteiger charge is 2.38. The second-order valence-electron chi connectivity index (χ2n) is 7.39. The van der Waals surface area contributed by atoms with E-state index in [0.29, 0.717) is 23.8 Å². The molecule has 4 rings (SSSR count). The first-order chi connectivity index (χ1) is 15.0.